The van der Waals surface area contributed by atoms with Crippen LogP contribution in [0.3, 0.4) is 0 Å². The Hall–Kier alpha value is -5.29. The molecule has 0 amide bonds. The van der Waals surface area contributed by atoms with Crippen LogP contribution in [0, 0.1) is 0 Å². The molecule has 1 aromatic heterocycles. The first-order valence-corrected chi connectivity index (χ1v) is 13.5. The molecular formula is C32H28N2O9. The van der Waals surface area contributed by atoms with E-state index in [1.165, 1.54) is 32.2 Å². The summed E-state index contributed by atoms with van der Waals surface area (Å²) in [7, 11) is 0. The Morgan fingerprint density at radius 3 is 1.77 bits per heavy atom. The molecule has 0 unspecified atom stereocenters. The molecule has 11 nitrogen and oxygen atoms in total. The van der Waals surface area contributed by atoms with Gasteiger partial charge in [-0.1, -0.05) is 54.6 Å². The predicted molar refractivity (Wildman–Crippen MR) is 152 cm³/mol. The van der Waals surface area contributed by atoms with Gasteiger partial charge < -0.3 is 18.9 Å². The van der Waals surface area contributed by atoms with Crippen molar-refractivity contribution in [2.45, 2.75) is 44.0 Å². The van der Waals surface area contributed by atoms with Gasteiger partial charge in [-0.15, -0.1) is 0 Å². The Morgan fingerprint density at radius 2 is 1.26 bits per heavy atom. The molecule has 0 saturated carbocycles. The van der Waals surface area contributed by atoms with Crippen LogP contribution in [0.2, 0.25) is 0 Å². The molecule has 4 aromatic rings. The lowest BCUT2D eigenvalue weighted by molar-refractivity contribution is -0.151. The van der Waals surface area contributed by atoms with Crippen molar-refractivity contribution in [1.82, 2.24) is 9.55 Å². The van der Waals surface area contributed by atoms with Gasteiger partial charge in [0.1, 0.15) is 12.2 Å². The predicted octanol–water partition coefficient (Wildman–Crippen LogP) is 3.30. The van der Waals surface area contributed by atoms with Crippen molar-refractivity contribution in [2.24, 2.45) is 0 Å². The molecule has 0 aliphatic carbocycles. The average Bonchev–Trinajstić information content (AvgIpc) is 3.29. The highest BCUT2D eigenvalue weighted by Gasteiger charge is 2.60. The number of esters is 3. The molecule has 3 aromatic carbocycles. The third-order valence-electron chi connectivity index (χ3n) is 7.09. The Kier molecular flexibility index (Phi) is 8.35. The van der Waals surface area contributed by atoms with Crippen molar-refractivity contribution >= 4 is 17.9 Å². The van der Waals surface area contributed by atoms with Crippen LogP contribution >= 0.6 is 0 Å². The monoisotopic (exact) mass is 584 g/mol. The Labute approximate surface area is 245 Å². The number of ether oxygens (including phenoxy) is 4. The van der Waals surface area contributed by atoms with Crippen LogP contribution in [0.5, 0.6) is 0 Å². The lowest BCUT2D eigenvalue weighted by atomic mass is 10.00. The fourth-order valence-corrected chi connectivity index (χ4v) is 4.92. The van der Waals surface area contributed by atoms with Crippen molar-refractivity contribution in [3.63, 3.8) is 0 Å². The number of nitrogens with one attached hydrogen (secondary N) is 1. The Morgan fingerprint density at radius 1 is 0.767 bits per heavy atom. The number of aromatic amines is 1. The van der Waals surface area contributed by atoms with Gasteiger partial charge in [-0.05, 0) is 50.2 Å². The van der Waals surface area contributed by atoms with Gasteiger partial charge in [0.2, 0.25) is 0 Å². The largest absolute Gasteiger partial charge is 0.456 e. The Balaban J connectivity index is 1.58. The molecule has 1 N–H and O–H groups in total. The van der Waals surface area contributed by atoms with Gasteiger partial charge in [-0.3, -0.25) is 14.3 Å². The van der Waals surface area contributed by atoms with Crippen LogP contribution in [0.1, 0.15) is 44.9 Å². The van der Waals surface area contributed by atoms with Gasteiger partial charge in [-0.2, -0.15) is 0 Å². The standard InChI is InChI=1S/C32H28N2O9/c1-20(40-28(36)21-12-6-3-7-13-21)25-26(41-29(37)22-14-8-4-9-15-22)27(42-30(38)23-16-10-5-11-17-23)32(2,43-25)34-19-18-24(35)33-31(34)39/h3-20,25-27H,1-2H3,(H,33,35,39)/t20-,25-,26-,27-,32-/m1/s1. The van der Waals surface area contributed by atoms with E-state index >= 15 is 0 Å². The van der Waals surface area contributed by atoms with E-state index in [4.69, 9.17) is 18.9 Å². The van der Waals surface area contributed by atoms with Crippen molar-refractivity contribution in [1.29, 1.82) is 0 Å². The molecule has 5 atom stereocenters. The number of hydrogen-bond acceptors (Lipinski definition) is 9. The summed E-state index contributed by atoms with van der Waals surface area (Å²) in [5.41, 5.74) is -2.67. The third kappa shape index (κ3) is 6.16. The zero-order valence-electron chi connectivity index (χ0n) is 23.2. The molecule has 220 valence electrons. The minimum absolute atomic E-state index is 0.193. The molecule has 0 bridgehead atoms. The summed E-state index contributed by atoms with van der Waals surface area (Å²) in [6.07, 6.45) is -3.93. The molecule has 43 heavy (non-hydrogen) atoms. The molecule has 1 aliphatic heterocycles. The maximum atomic E-state index is 13.4. The number of nitrogens with zero attached hydrogens (tertiary/aromatic N) is 1. The van der Waals surface area contributed by atoms with Crippen molar-refractivity contribution in [3.05, 3.63) is 141 Å². The second-order valence-electron chi connectivity index (χ2n) is 10.0. The minimum atomic E-state index is -1.83. The van der Waals surface area contributed by atoms with E-state index in [2.05, 4.69) is 4.98 Å². The highest BCUT2D eigenvalue weighted by Crippen LogP contribution is 2.41. The number of benzene rings is 3. The van der Waals surface area contributed by atoms with Gasteiger partial charge in [0.15, 0.2) is 17.9 Å². The normalized spacial score (nSPS) is 21.9. The second kappa shape index (κ2) is 12.3. The third-order valence-corrected chi connectivity index (χ3v) is 7.09. The summed E-state index contributed by atoms with van der Waals surface area (Å²) in [4.78, 5) is 66.7. The smallest absolute Gasteiger partial charge is 0.338 e. The number of carbonyl (C=O) groups excluding carboxylic acids is 3. The molecule has 0 spiro atoms. The molecule has 1 fully saturated rings. The second-order valence-corrected chi connectivity index (χ2v) is 10.0. The van der Waals surface area contributed by atoms with Gasteiger partial charge in [0.05, 0.1) is 16.7 Å². The highest BCUT2D eigenvalue weighted by molar-refractivity contribution is 5.91. The maximum absolute atomic E-state index is 13.4. The quantitative estimate of drug-likeness (QED) is 0.244. The van der Waals surface area contributed by atoms with E-state index in [1.807, 2.05) is 0 Å². The van der Waals surface area contributed by atoms with Crippen molar-refractivity contribution in [3.8, 4) is 0 Å². The van der Waals surface area contributed by atoms with Crippen molar-refractivity contribution in [2.75, 3.05) is 0 Å². The van der Waals surface area contributed by atoms with Gasteiger partial charge >= 0.3 is 23.6 Å². The average molecular weight is 585 g/mol. The first-order chi connectivity index (χ1) is 20.7. The number of H-pyrrole nitrogens is 1. The van der Waals surface area contributed by atoms with E-state index in [0.29, 0.717) is 0 Å². The van der Waals surface area contributed by atoms with E-state index in [1.54, 1.807) is 78.9 Å². The molecule has 0 radical (unpaired) electrons. The van der Waals surface area contributed by atoms with Gasteiger partial charge in [-0.25, -0.2) is 19.2 Å². The summed E-state index contributed by atoms with van der Waals surface area (Å²) in [6.45, 7) is 2.98. The molecule has 1 aliphatic rings. The van der Waals surface area contributed by atoms with Crippen LogP contribution < -0.4 is 11.2 Å². The topological polar surface area (TPSA) is 143 Å². The number of hydrogen-bond donors (Lipinski definition) is 1. The minimum Gasteiger partial charge on any atom is -0.456 e. The molecular weight excluding hydrogens is 556 g/mol. The molecule has 2 heterocycles. The van der Waals surface area contributed by atoms with E-state index in [9.17, 15) is 24.0 Å². The fraction of sp³-hybridized carbons (Fsp3) is 0.219. The zero-order valence-corrected chi connectivity index (χ0v) is 23.2. The molecule has 5 rings (SSSR count). The lowest BCUT2D eigenvalue weighted by Gasteiger charge is -2.32. The van der Waals surface area contributed by atoms with E-state index < -0.39 is 59.3 Å². The van der Waals surface area contributed by atoms with Crippen molar-refractivity contribution < 1.29 is 33.3 Å². The summed E-state index contributed by atoms with van der Waals surface area (Å²) >= 11 is 0. The summed E-state index contributed by atoms with van der Waals surface area (Å²) in [5, 5.41) is 0. The summed E-state index contributed by atoms with van der Waals surface area (Å²) in [6, 6.07) is 25.6. The number of carbonyl (C=O) groups is 3. The lowest BCUT2D eigenvalue weighted by Crippen LogP contribution is -2.52. The van der Waals surface area contributed by atoms with E-state index in [-0.39, 0.29) is 16.7 Å². The zero-order chi connectivity index (χ0) is 30.6. The van der Waals surface area contributed by atoms with E-state index in [0.717, 1.165) is 10.6 Å². The SMILES string of the molecule is C[C@@H](OC(=O)c1ccccc1)[C@H]1O[C@@](C)(n2ccc(=O)[nH]c2=O)[C@H](OC(=O)c2ccccc2)[C@@H]1OC(=O)c1ccccc1. The van der Waals surface area contributed by atoms with Gasteiger partial charge in [0, 0.05) is 12.3 Å². The fourth-order valence-electron chi connectivity index (χ4n) is 4.92. The molecule has 11 heteroatoms. The number of aromatic nitrogens is 2. The highest BCUT2D eigenvalue weighted by atomic mass is 16.7. The maximum Gasteiger partial charge on any atom is 0.338 e. The van der Waals surface area contributed by atoms with Crippen LogP contribution in [0.25, 0.3) is 0 Å². The summed E-state index contributed by atoms with van der Waals surface area (Å²) < 4.78 is 25.0. The summed E-state index contributed by atoms with van der Waals surface area (Å²) in [5.74, 6) is -2.22. The molecule has 1 saturated heterocycles. The van der Waals surface area contributed by atoms with Gasteiger partial charge in [0.25, 0.3) is 5.56 Å². The number of rotatable bonds is 8. The van der Waals surface area contributed by atoms with Crippen LogP contribution in [0.4, 0.5) is 0 Å². The first kappa shape index (κ1) is 29.2. The van der Waals surface area contributed by atoms with Crippen LogP contribution in [-0.4, -0.2) is 51.9 Å². The first-order valence-electron chi connectivity index (χ1n) is 13.5. The van der Waals surface area contributed by atoms with Crippen LogP contribution in [0.15, 0.2) is 113 Å². The Bertz CT molecular complexity index is 1720. The van der Waals surface area contributed by atoms with Crippen LogP contribution in [-0.2, 0) is 24.7 Å².